The fourth-order valence-corrected chi connectivity index (χ4v) is 3.29. The first kappa shape index (κ1) is 18.5. The van der Waals surface area contributed by atoms with Crippen LogP contribution in [0.4, 0.5) is 5.88 Å². The van der Waals surface area contributed by atoms with Crippen LogP contribution in [0.15, 0.2) is 22.7 Å². The van der Waals surface area contributed by atoms with Gasteiger partial charge in [0.25, 0.3) is 5.91 Å². The molecule has 1 aliphatic carbocycles. The second kappa shape index (κ2) is 6.76. The number of ether oxygens (including phenoxy) is 1. The molecule has 1 amide bonds. The van der Waals surface area contributed by atoms with Crippen LogP contribution in [0.2, 0.25) is 5.02 Å². The summed E-state index contributed by atoms with van der Waals surface area (Å²) in [7, 11) is 0. The predicted molar refractivity (Wildman–Crippen MR) is 98.1 cm³/mol. The Bertz CT molecular complexity index is 867. The van der Waals surface area contributed by atoms with Crippen LogP contribution in [0.1, 0.15) is 61.6 Å². The third-order valence-corrected chi connectivity index (χ3v) is 4.65. The largest absolute Gasteiger partial charge is 0.483 e. The second-order valence-electron chi connectivity index (χ2n) is 7.53. The molecule has 138 valence electrons. The number of hydrogen-bond acceptors (Lipinski definition) is 5. The van der Waals surface area contributed by atoms with E-state index in [1.54, 1.807) is 18.2 Å². The maximum Gasteiger partial charge on any atom is 0.264 e. The van der Waals surface area contributed by atoms with Gasteiger partial charge in [-0.2, -0.15) is 0 Å². The zero-order valence-corrected chi connectivity index (χ0v) is 15.9. The molecular weight excluding hydrogens is 356 g/mol. The smallest absolute Gasteiger partial charge is 0.264 e. The summed E-state index contributed by atoms with van der Waals surface area (Å²) in [5, 5.41) is 7.09. The average Bonchev–Trinajstić information content (AvgIpc) is 3.12. The molecule has 26 heavy (non-hydrogen) atoms. The van der Waals surface area contributed by atoms with E-state index in [1.165, 1.54) is 0 Å². The van der Waals surface area contributed by atoms with Gasteiger partial charge >= 0.3 is 0 Å². The summed E-state index contributed by atoms with van der Waals surface area (Å²) in [6.45, 7) is 7.69. The first-order valence-electron chi connectivity index (χ1n) is 8.42. The van der Waals surface area contributed by atoms with Gasteiger partial charge in [0.15, 0.2) is 12.4 Å². The first-order chi connectivity index (χ1) is 12.2. The Morgan fingerprint density at radius 1 is 1.42 bits per heavy atom. The Balaban J connectivity index is 1.68. The lowest BCUT2D eigenvalue weighted by atomic mass is 9.92. The average molecular weight is 377 g/mol. The number of hydrogen-bond donors (Lipinski definition) is 1. The van der Waals surface area contributed by atoms with E-state index in [-0.39, 0.29) is 29.6 Å². The zero-order valence-electron chi connectivity index (χ0n) is 15.2. The molecule has 0 aliphatic heterocycles. The Hall–Kier alpha value is -2.34. The van der Waals surface area contributed by atoms with Crippen molar-refractivity contribution in [2.45, 2.75) is 45.4 Å². The van der Waals surface area contributed by atoms with Crippen LogP contribution in [0.3, 0.4) is 0 Å². The minimum Gasteiger partial charge on any atom is -0.483 e. The molecule has 1 aromatic carbocycles. The molecule has 1 aromatic heterocycles. The van der Waals surface area contributed by atoms with Gasteiger partial charge in [0.1, 0.15) is 5.75 Å². The summed E-state index contributed by atoms with van der Waals surface area (Å²) in [6.07, 6.45) is 0.398. The molecule has 0 saturated carbocycles. The quantitative estimate of drug-likeness (QED) is 0.858. The number of anilines is 1. The van der Waals surface area contributed by atoms with Crippen molar-refractivity contribution in [3.05, 3.63) is 40.0 Å². The Morgan fingerprint density at radius 3 is 2.81 bits per heavy atom. The van der Waals surface area contributed by atoms with Crippen molar-refractivity contribution >= 4 is 29.2 Å². The highest BCUT2D eigenvalue weighted by Crippen LogP contribution is 2.42. The number of Topliss-reactive ketones (excluding diaryl/α,β-unsaturated/α-hetero) is 1. The molecule has 7 heteroatoms. The minimum absolute atomic E-state index is 0.0181. The van der Waals surface area contributed by atoms with Gasteiger partial charge in [-0.25, -0.2) is 0 Å². The van der Waals surface area contributed by atoms with E-state index in [1.807, 2.05) is 27.7 Å². The molecule has 0 spiro atoms. The minimum atomic E-state index is -0.399. The Morgan fingerprint density at radius 2 is 2.15 bits per heavy atom. The molecule has 2 aromatic rings. The number of amides is 1. The van der Waals surface area contributed by atoms with Crippen LogP contribution < -0.4 is 10.1 Å². The molecule has 1 unspecified atom stereocenters. The summed E-state index contributed by atoms with van der Waals surface area (Å²) >= 11 is 6.20. The number of carbonyl (C=O) groups excluding carboxylic acids is 2. The van der Waals surface area contributed by atoms with E-state index in [0.717, 1.165) is 11.3 Å². The summed E-state index contributed by atoms with van der Waals surface area (Å²) < 4.78 is 10.7. The van der Waals surface area contributed by atoms with Gasteiger partial charge in [0, 0.05) is 22.9 Å². The number of carbonyl (C=O) groups is 2. The standard InChI is InChI=1S/C19H21ClN2O4/c1-10-7-12(23)18-13(6-5-11(20)17(10)18)25-9-15(24)21-16-8-14(22-26-16)19(2,3)4/h5-6,8,10H,7,9H2,1-4H3,(H,21,24). The normalized spacial score (nSPS) is 16.5. The number of benzene rings is 1. The van der Waals surface area contributed by atoms with Gasteiger partial charge in [0.05, 0.1) is 11.3 Å². The fourth-order valence-electron chi connectivity index (χ4n) is 2.95. The van der Waals surface area contributed by atoms with Crippen LogP contribution in [-0.4, -0.2) is 23.5 Å². The summed E-state index contributed by atoms with van der Waals surface area (Å²) in [5.41, 5.74) is 1.83. The van der Waals surface area contributed by atoms with Crippen LogP contribution in [0.25, 0.3) is 0 Å². The van der Waals surface area contributed by atoms with Crippen LogP contribution in [-0.2, 0) is 10.2 Å². The van der Waals surface area contributed by atoms with Crippen LogP contribution in [0.5, 0.6) is 5.75 Å². The molecule has 0 fully saturated rings. The lowest BCUT2D eigenvalue weighted by Crippen LogP contribution is -2.20. The summed E-state index contributed by atoms with van der Waals surface area (Å²) in [5.74, 6) is 0.267. The number of fused-ring (bicyclic) bond motifs is 1. The SMILES string of the molecule is CC1CC(=O)c2c(OCC(=O)Nc3cc(C(C)(C)C)no3)ccc(Cl)c21. The highest BCUT2D eigenvalue weighted by molar-refractivity contribution is 6.32. The lowest BCUT2D eigenvalue weighted by molar-refractivity contribution is -0.118. The van der Waals surface area contributed by atoms with E-state index in [9.17, 15) is 9.59 Å². The maximum atomic E-state index is 12.2. The topological polar surface area (TPSA) is 81.4 Å². The van der Waals surface area contributed by atoms with Gasteiger partial charge in [-0.05, 0) is 23.6 Å². The van der Waals surface area contributed by atoms with Gasteiger partial charge in [0.2, 0.25) is 5.88 Å². The molecule has 3 rings (SSSR count). The number of rotatable bonds is 4. The monoisotopic (exact) mass is 376 g/mol. The molecule has 0 saturated heterocycles. The zero-order chi connectivity index (χ0) is 19.1. The van der Waals surface area contributed by atoms with E-state index in [4.69, 9.17) is 20.9 Å². The van der Waals surface area contributed by atoms with Gasteiger partial charge in [-0.1, -0.05) is 44.5 Å². The van der Waals surface area contributed by atoms with E-state index in [0.29, 0.717) is 22.8 Å². The number of nitrogens with zero attached hydrogens (tertiary/aromatic N) is 1. The molecule has 1 N–H and O–H groups in total. The van der Waals surface area contributed by atoms with Gasteiger partial charge in [-0.15, -0.1) is 0 Å². The molecule has 1 aliphatic rings. The molecule has 6 nitrogen and oxygen atoms in total. The van der Waals surface area contributed by atoms with Crippen molar-refractivity contribution in [2.24, 2.45) is 0 Å². The third kappa shape index (κ3) is 3.60. The number of aromatic nitrogens is 1. The predicted octanol–water partition coefficient (Wildman–Crippen LogP) is 4.33. The number of halogens is 1. The highest BCUT2D eigenvalue weighted by Gasteiger charge is 2.32. The Kier molecular flexibility index (Phi) is 4.80. The van der Waals surface area contributed by atoms with Crippen LogP contribution in [0, 0.1) is 0 Å². The van der Waals surface area contributed by atoms with Crippen molar-refractivity contribution < 1.29 is 18.8 Å². The number of ketones is 1. The molecule has 1 heterocycles. The van der Waals surface area contributed by atoms with E-state index >= 15 is 0 Å². The van der Waals surface area contributed by atoms with Crippen molar-refractivity contribution in [3.63, 3.8) is 0 Å². The lowest BCUT2D eigenvalue weighted by Gasteiger charge is -2.12. The summed E-state index contributed by atoms with van der Waals surface area (Å²) in [4.78, 5) is 24.3. The fraction of sp³-hybridized carbons (Fsp3) is 0.421. The maximum absolute atomic E-state index is 12.2. The third-order valence-electron chi connectivity index (χ3n) is 4.32. The summed E-state index contributed by atoms with van der Waals surface area (Å²) in [6, 6.07) is 4.99. The van der Waals surface area contributed by atoms with Crippen molar-refractivity contribution in [3.8, 4) is 5.75 Å². The molecule has 0 radical (unpaired) electrons. The molecule has 0 bridgehead atoms. The van der Waals surface area contributed by atoms with Gasteiger partial charge in [-0.3, -0.25) is 14.9 Å². The van der Waals surface area contributed by atoms with Crippen molar-refractivity contribution in [2.75, 3.05) is 11.9 Å². The van der Waals surface area contributed by atoms with Crippen LogP contribution >= 0.6 is 11.6 Å². The molecular formula is C19H21ClN2O4. The van der Waals surface area contributed by atoms with Crippen molar-refractivity contribution in [1.29, 1.82) is 0 Å². The van der Waals surface area contributed by atoms with Crippen molar-refractivity contribution in [1.82, 2.24) is 5.16 Å². The van der Waals surface area contributed by atoms with E-state index < -0.39 is 5.91 Å². The Labute approximate surface area is 156 Å². The molecule has 1 atom stereocenters. The first-order valence-corrected chi connectivity index (χ1v) is 8.80. The van der Waals surface area contributed by atoms with Gasteiger partial charge < -0.3 is 9.26 Å². The highest BCUT2D eigenvalue weighted by atomic mass is 35.5. The number of nitrogens with one attached hydrogen (secondary N) is 1. The van der Waals surface area contributed by atoms with E-state index in [2.05, 4.69) is 10.5 Å². The second-order valence-corrected chi connectivity index (χ2v) is 7.93.